The molecule has 5 rings (SSSR count). The van der Waals surface area contributed by atoms with E-state index in [0.29, 0.717) is 19.0 Å². The first-order valence-electron chi connectivity index (χ1n) is 11.6. The quantitative estimate of drug-likeness (QED) is 0.418. The van der Waals surface area contributed by atoms with Gasteiger partial charge >= 0.3 is 0 Å². The Hall–Kier alpha value is -4.00. The fraction of sp³-hybridized carbons (Fsp3) is 0.259. The summed E-state index contributed by atoms with van der Waals surface area (Å²) < 4.78 is 8.14. The number of para-hydroxylation sites is 1. The third kappa shape index (κ3) is 4.69. The molecule has 7 nitrogen and oxygen atoms in total. The van der Waals surface area contributed by atoms with Crippen LogP contribution in [0.2, 0.25) is 0 Å². The zero-order valence-electron chi connectivity index (χ0n) is 19.2. The van der Waals surface area contributed by atoms with E-state index >= 15 is 0 Å². The molecule has 1 unspecified atom stereocenters. The first-order chi connectivity index (χ1) is 16.7. The molecular formula is C27H27N5O2. The van der Waals surface area contributed by atoms with Gasteiger partial charge in [0.15, 0.2) is 0 Å². The Labute approximate surface area is 199 Å². The predicted molar refractivity (Wildman–Crippen MR) is 129 cm³/mol. The van der Waals surface area contributed by atoms with E-state index in [4.69, 9.17) is 4.74 Å². The van der Waals surface area contributed by atoms with E-state index in [0.717, 1.165) is 47.5 Å². The molecule has 34 heavy (non-hydrogen) atoms. The van der Waals surface area contributed by atoms with Crippen LogP contribution in [0.4, 0.5) is 0 Å². The third-order valence-electron chi connectivity index (χ3n) is 6.25. The van der Waals surface area contributed by atoms with Crippen LogP contribution in [0.1, 0.15) is 45.9 Å². The highest BCUT2D eigenvalue weighted by molar-refractivity contribution is 5.95. The van der Waals surface area contributed by atoms with E-state index in [1.807, 2.05) is 71.1 Å². The summed E-state index contributed by atoms with van der Waals surface area (Å²) in [6.07, 6.45) is 10.6. The highest BCUT2D eigenvalue weighted by Crippen LogP contribution is 2.34. The first-order valence-corrected chi connectivity index (χ1v) is 11.6. The standard InChI is InChI=1S/C27H27N5O2/c1-20-7-2-5-11-24(20)34-26-25(29-12-13-30-26)22-9-6-15-32(18-22)27(33)23-10-4-3-8-21(23)17-31-16-14-28-19-31/h2-5,7-8,10-14,16,19,22H,6,9,15,17-18H2,1H3. The molecular weight excluding hydrogens is 426 g/mol. The molecule has 1 saturated heterocycles. The van der Waals surface area contributed by atoms with E-state index in [9.17, 15) is 4.79 Å². The number of carbonyl (C=O) groups excluding carboxylic acids is 1. The van der Waals surface area contributed by atoms with Crippen LogP contribution in [0.5, 0.6) is 11.6 Å². The van der Waals surface area contributed by atoms with Crippen LogP contribution in [-0.4, -0.2) is 43.4 Å². The highest BCUT2D eigenvalue weighted by atomic mass is 16.5. The second-order valence-corrected chi connectivity index (χ2v) is 8.60. The molecule has 0 spiro atoms. The summed E-state index contributed by atoms with van der Waals surface area (Å²) in [7, 11) is 0. The molecule has 7 heteroatoms. The van der Waals surface area contributed by atoms with Crippen LogP contribution >= 0.6 is 0 Å². The molecule has 4 aromatic rings. The fourth-order valence-electron chi connectivity index (χ4n) is 4.47. The molecule has 1 aliphatic heterocycles. The molecule has 0 aliphatic carbocycles. The number of benzene rings is 2. The number of hydrogen-bond acceptors (Lipinski definition) is 5. The van der Waals surface area contributed by atoms with Gasteiger partial charge in [-0.1, -0.05) is 36.4 Å². The Morgan fingerprint density at radius 3 is 2.74 bits per heavy atom. The molecule has 0 radical (unpaired) electrons. The lowest BCUT2D eigenvalue weighted by Gasteiger charge is -2.33. The Morgan fingerprint density at radius 1 is 1.06 bits per heavy atom. The number of nitrogens with zero attached hydrogens (tertiary/aromatic N) is 5. The van der Waals surface area contributed by atoms with Gasteiger partial charge in [-0.2, -0.15) is 0 Å². The fourth-order valence-corrected chi connectivity index (χ4v) is 4.47. The van der Waals surface area contributed by atoms with Gasteiger partial charge < -0.3 is 14.2 Å². The number of hydrogen-bond donors (Lipinski definition) is 0. The monoisotopic (exact) mass is 453 g/mol. The van der Waals surface area contributed by atoms with Crippen molar-refractivity contribution in [3.8, 4) is 11.6 Å². The van der Waals surface area contributed by atoms with E-state index in [1.165, 1.54) is 0 Å². The maximum atomic E-state index is 13.6. The largest absolute Gasteiger partial charge is 0.437 e. The number of ether oxygens (including phenoxy) is 1. The topological polar surface area (TPSA) is 73.1 Å². The predicted octanol–water partition coefficient (Wildman–Crippen LogP) is 4.84. The van der Waals surface area contributed by atoms with Gasteiger partial charge in [-0.15, -0.1) is 0 Å². The molecule has 172 valence electrons. The van der Waals surface area contributed by atoms with Crippen molar-refractivity contribution in [3.05, 3.63) is 102 Å². The summed E-state index contributed by atoms with van der Waals surface area (Å²) in [6, 6.07) is 15.7. The van der Waals surface area contributed by atoms with Gasteiger partial charge in [0.2, 0.25) is 5.88 Å². The Kier molecular flexibility index (Phi) is 6.33. The summed E-state index contributed by atoms with van der Waals surface area (Å²) in [5.74, 6) is 1.38. The summed E-state index contributed by atoms with van der Waals surface area (Å²) in [5, 5.41) is 0. The molecule has 3 heterocycles. The van der Waals surface area contributed by atoms with Crippen LogP contribution in [0.3, 0.4) is 0 Å². The van der Waals surface area contributed by atoms with E-state index in [2.05, 4.69) is 15.0 Å². The van der Waals surface area contributed by atoms with Crippen molar-refractivity contribution in [3.63, 3.8) is 0 Å². The van der Waals surface area contributed by atoms with Gasteiger partial charge in [0, 0.05) is 55.9 Å². The zero-order chi connectivity index (χ0) is 23.3. The van der Waals surface area contributed by atoms with E-state index < -0.39 is 0 Å². The molecule has 1 fully saturated rings. The minimum absolute atomic E-state index is 0.0469. The van der Waals surface area contributed by atoms with Crippen molar-refractivity contribution >= 4 is 5.91 Å². The number of aryl methyl sites for hydroxylation is 1. The third-order valence-corrected chi connectivity index (χ3v) is 6.25. The lowest BCUT2D eigenvalue weighted by atomic mass is 9.93. The number of rotatable bonds is 6. The van der Waals surface area contributed by atoms with Crippen molar-refractivity contribution < 1.29 is 9.53 Å². The molecule has 2 aromatic heterocycles. The molecule has 1 aliphatic rings. The van der Waals surface area contributed by atoms with Gasteiger partial charge in [-0.25, -0.2) is 9.97 Å². The maximum absolute atomic E-state index is 13.6. The summed E-state index contributed by atoms with van der Waals surface area (Å²) >= 11 is 0. The second kappa shape index (κ2) is 9.87. The van der Waals surface area contributed by atoms with Crippen molar-refractivity contribution in [2.75, 3.05) is 13.1 Å². The van der Waals surface area contributed by atoms with Gasteiger partial charge in [0.1, 0.15) is 11.4 Å². The van der Waals surface area contributed by atoms with Crippen LogP contribution < -0.4 is 4.74 Å². The van der Waals surface area contributed by atoms with Gasteiger partial charge in [0.25, 0.3) is 5.91 Å². The zero-order valence-corrected chi connectivity index (χ0v) is 19.2. The lowest BCUT2D eigenvalue weighted by molar-refractivity contribution is 0.0703. The normalized spacial score (nSPS) is 15.8. The van der Waals surface area contributed by atoms with E-state index in [-0.39, 0.29) is 11.8 Å². The van der Waals surface area contributed by atoms with Crippen LogP contribution in [0.25, 0.3) is 0 Å². The Bertz CT molecular complexity index is 1270. The average Bonchev–Trinajstić information content (AvgIpc) is 3.39. The lowest BCUT2D eigenvalue weighted by Crippen LogP contribution is -2.39. The van der Waals surface area contributed by atoms with Crippen molar-refractivity contribution in [1.29, 1.82) is 0 Å². The Morgan fingerprint density at radius 2 is 1.88 bits per heavy atom. The second-order valence-electron chi connectivity index (χ2n) is 8.60. The minimum Gasteiger partial charge on any atom is -0.437 e. The number of imidazole rings is 1. The number of carbonyl (C=O) groups is 1. The van der Waals surface area contributed by atoms with Crippen LogP contribution in [-0.2, 0) is 6.54 Å². The molecule has 1 atom stereocenters. The highest BCUT2D eigenvalue weighted by Gasteiger charge is 2.29. The average molecular weight is 454 g/mol. The summed E-state index contributed by atoms with van der Waals surface area (Å²) in [6.45, 7) is 3.93. The number of amides is 1. The summed E-state index contributed by atoms with van der Waals surface area (Å²) in [4.78, 5) is 28.7. The molecule has 0 bridgehead atoms. The van der Waals surface area contributed by atoms with Gasteiger partial charge in [0.05, 0.1) is 6.33 Å². The van der Waals surface area contributed by atoms with Crippen molar-refractivity contribution in [1.82, 2.24) is 24.4 Å². The number of piperidine rings is 1. The van der Waals surface area contributed by atoms with E-state index in [1.54, 1.807) is 24.9 Å². The maximum Gasteiger partial charge on any atom is 0.254 e. The number of aromatic nitrogens is 4. The van der Waals surface area contributed by atoms with Crippen molar-refractivity contribution in [2.45, 2.75) is 32.2 Å². The molecule has 2 aromatic carbocycles. The van der Waals surface area contributed by atoms with Crippen LogP contribution in [0.15, 0.2) is 79.6 Å². The molecule has 0 N–H and O–H groups in total. The van der Waals surface area contributed by atoms with Crippen molar-refractivity contribution in [2.24, 2.45) is 0 Å². The number of likely N-dealkylation sites (tertiary alicyclic amines) is 1. The minimum atomic E-state index is 0.0469. The van der Waals surface area contributed by atoms with Gasteiger partial charge in [-0.05, 0) is 43.0 Å². The molecule has 1 amide bonds. The molecule has 0 saturated carbocycles. The summed E-state index contributed by atoms with van der Waals surface area (Å²) in [5.41, 5.74) is 3.55. The SMILES string of the molecule is Cc1ccccc1Oc1nccnc1C1CCCN(C(=O)c2ccccc2Cn2ccnc2)C1. The van der Waals surface area contributed by atoms with Gasteiger partial charge in [-0.3, -0.25) is 9.78 Å². The Balaban J connectivity index is 1.37. The first kappa shape index (κ1) is 21.8. The smallest absolute Gasteiger partial charge is 0.254 e. The van der Waals surface area contributed by atoms with Crippen LogP contribution in [0, 0.1) is 6.92 Å².